The maximum Gasteiger partial charge on any atom is 0.113 e. The minimum atomic E-state index is 0.961. The van der Waals surface area contributed by atoms with Gasteiger partial charge in [0.25, 0.3) is 0 Å². The number of aryl methyl sites for hydroxylation is 1. The maximum absolute atomic E-state index is 4.80. The fourth-order valence-electron chi connectivity index (χ4n) is 2.42. The molecule has 0 radical (unpaired) electrons. The van der Waals surface area contributed by atoms with Gasteiger partial charge in [0.1, 0.15) is 5.82 Å². The summed E-state index contributed by atoms with van der Waals surface area (Å²) in [7, 11) is 0. The van der Waals surface area contributed by atoms with Gasteiger partial charge in [-0.15, -0.1) is 0 Å². The molecule has 0 saturated carbocycles. The molecule has 0 unspecified atom stereocenters. The molecule has 0 spiro atoms. The third-order valence-corrected chi connectivity index (χ3v) is 3.31. The zero-order valence-electron chi connectivity index (χ0n) is 10.1. The SMILES string of the molecule is CCc1nc(C2=CCNCC2)c2ccccn12. The van der Waals surface area contributed by atoms with Crippen molar-refractivity contribution < 1.29 is 0 Å². The van der Waals surface area contributed by atoms with Gasteiger partial charge in [-0.25, -0.2) is 4.98 Å². The normalized spacial score (nSPS) is 16.2. The monoisotopic (exact) mass is 227 g/mol. The molecule has 88 valence electrons. The van der Waals surface area contributed by atoms with Crippen molar-refractivity contribution in [2.45, 2.75) is 19.8 Å². The van der Waals surface area contributed by atoms with E-state index < -0.39 is 0 Å². The van der Waals surface area contributed by atoms with Crippen LogP contribution in [0.4, 0.5) is 0 Å². The summed E-state index contributed by atoms with van der Waals surface area (Å²) in [5, 5.41) is 3.34. The first-order chi connectivity index (χ1) is 8.40. The Bertz CT molecular complexity index is 566. The Labute approximate surface area is 101 Å². The van der Waals surface area contributed by atoms with E-state index in [2.05, 4.69) is 47.1 Å². The summed E-state index contributed by atoms with van der Waals surface area (Å²) >= 11 is 0. The van der Waals surface area contributed by atoms with Gasteiger partial charge in [-0.3, -0.25) is 0 Å². The van der Waals surface area contributed by atoms with E-state index in [1.54, 1.807) is 0 Å². The van der Waals surface area contributed by atoms with Crippen molar-refractivity contribution in [2.75, 3.05) is 13.1 Å². The Morgan fingerprint density at radius 1 is 1.41 bits per heavy atom. The number of pyridine rings is 1. The number of imidazole rings is 1. The van der Waals surface area contributed by atoms with Crippen LogP contribution in [0.3, 0.4) is 0 Å². The maximum atomic E-state index is 4.80. The first kappa shape index (κ1) is 10.5. The zero-order chi connectivity index (χ0) is 11.7. The van der Waals surface area contributed by atoms with Gasteiger partial charge in [0.15, 0.2) is 0 Å². The lowest BCUT2D eigenvalue weighted by atomic mass is 10.1. The minimum Gasteiger partial charge on any atom is -0.313 e. The number of hydrogen-bond acceptors (Lipinski definition) is 2. The average Bonchev–Trinajstić information content (AvgIpc) is 2.78. The molecule has 1 N–H and O–H groups in total. The number of nitrogens with one attached hydrogen (secondary N) is 1. The van der Waals surface area contributed by atoms with E-state index in [0.717, 1.165) is 31.8 Å². The summed E-state index contributed by atoms with van der Waals surface area (Å²) < 4.78 is 2.21. The summed E-state index contributed by atoms with van der Waals surface area (Å²) in [4.78, 5) is 4.80. The second-order valence-electron chi connectivity index (χ2n) is 4.37. The smallest absolute Gasteiger partial charge is 0.113 e. The number of nitrogens with zero attached hydrogens (tertiary/aromatic N) is 2. The molecule has 3 nitrogen and oxygen atoms in total. The van der Waals surface area contributed by atoms with E-state index in [0.29, 0.717) is 0 Å². The number of hydrogen-bond donors (Lipinski definition) is 1. The van der Waals surface area contributed by atoms with Gasteiger partial charge < -0.3 is 9.72 Å². The van der Waals surface area contributed by atoms with Crippen LogP contribution in [0.1, 0.15) is 24.9 Å². The highest BCUT2D eigenvalue weighted by atomic mass is 15.0. The van der Waals surface area contributed by atoms with Crippen molar-refractivity contribution in [1.82, 2.24) is 14.7 Å². The van der Waals surface area contributed by atoms with Crippen molar-refractivity contribution in [3.63, 3.8) is 0 Å². The van der Waals surface area contributed by atoms with E-state index in [-0.39, 0.29) is 0 Å². The molecule has 1 aliphatic heterocycles. The Kier molecular flexibility index (Phi) is 2.69. The molecule has 0 aromatic carbocycles. The number of rotatable bonds is 2. The van der Waals surface area contributed by atoms with Gasteiger partial charge in [0.2, 0.25) is 0 Å². The van der Waals surface area contributed by atoms with Gasteiger partial charge in [-0.1, -0.05) is 19.1 Å². The Morgan fingerprint density at radius 3 is 3.12 bits per heavy atom. The zero-order valence-corrected chi connectivity index (χ0v) is 10.1. The van der Waals surface area contributed by atoms with Gasteiger partial charge in [-0.2, -0.15) is 0 Å². The average molecular weight is 227 g/mol. The fourth-order valence-corrected chi connectivity index (χ4v) is 2.42. The van der Waals surface area contributed by atoms with Crippen LogP contribution in [-0.4, -0.2) is 22.5 Å². The predicted octanol–water partition coefficient (Wildman–Crippen LogP) is 2.27. The van der Waals surface area contributed by atoms with Crippen LogP contribution in [0.15, 0.2) is 30.5 Å². The highest BCUT2D eigenvalue weighted by Gasteiger charge is 2.14. The minimum absolute atomic E-state index is 0.961. The molecule has 0 amide bonds. The van der Waals surface area contributed by atoms with Crippen LogP contribution in [0.5, 0.6) is 0 Å². The summed E-state index contributed by atoms with van der Waals surface area (Å²) in [6.45, 7) is 4.17. The summed E-state index contributed by atoms with van der Waals surface area (Å²) in [6, 6.07) is 6.31. The Morgan fingerprint density at radius 2 is 2.35 bits per heavy atom. The van der Waals surface area contributed by atoms with Crippen LogP contribution in [-0.2, 0) is 6.42 Å². The molecule has 0 bridgehead atoms. The van der Waals surface area contributed by atoms with E-state index in [9.17, 15) is 0 Å². The van der Waals surface area contributed by atoms with Crippen LogP contribution < -0.4 is 5.32 Å². The molecular formula is C14H17N3. The number of fused-ring (bicyclic) bond motifs is 1. The van der Waals surface area contributed by atoms with Crippen molar-refractivity contribution in [3.8, 4) is 0 Å². The van der Waals surface area contributed by atoms with Crippen molar-refractivity contribution in [1.29, 1.82) is 0 Å². The van der Waals surface area contributed by atoms with E-state index in [1.807, 2.05) is 0 Å². The predicted molar refractivity (Wildman–Crippen MR) is 70.0 cm³/mol. The molecular weight excluding hydrogens is 210 g/mol. The van der Waals surface area contributed by atoms with Crippen LogP contribution in [0.2, 0.25) is 0 Å². The lowest BCUT2D eigenvalue weighted by Crippen LogP contribution is -2.20. The third kappa shape index (κ3) is 1.76. The van der Waals surface area contributed by atoms with Crippen molar-refractivity contribution in [2.24, 2.45) is 0 Å². The summed E-state index contributed by atoms with van der Waals surface area (Å²) in [6.07, 6.45) is 6.41. The second-order valence-corrected chi connectivity index (χ2v) is 4.37. The standard InChI is InChI=1S/C14H17N3/c1-2-13-16-14(11-6-8-15-9-7-11)12-5-3-4-10-17(12)13/h3-6,10,15H,2,7-9H2,1H3. The molecule has 3 heterocycles. The van der Waals surface area contributed by atoms with Crippen molar-refractivity contribution >= 4 is 11.1 Å². The molecule has 2 aromatic rings. The van der Waals surface area contributed by atoms with Crippen molar-refractivity contribution in [3.05, 3.63) is 42.0 Å². The van der Waals surface area contributed by atoms with Crippen LogP contribution in [0, 0.1) is 0 Å². The second kappa shape index (κ2) is 4.34. The van der Waals surface area contributed by atoms with E-state index >= 15 is 0 Å². The van der Waals surface area contributed by atoms with Crippen LogP contribution in [0.25, 0.3) is 11.1 Å². The fraction of sp³-hybridized carbons (Fsp3) is 0.357. The van der Waals surface area contributed by atoms with Gasteiger partial charge in [-0.05, 0) is 30.7 Å². The highest BCUT2D eigenvalue weighted by molar-refractivity contribution is 5.76. The summed E-state index contributed by atoms with van der Waals surface area (Å²) in [5.74, 6) is 1.15. The van der Waals surface area contributed by atoms with Gasteiger partial charge in [0, 0.05) is 19.2 Å². The van der Waals surface area contributed by atoms with Gasteiger partial charge >= 0.3 is 0 Å². The number of aromatic nitrogens is 2. The molecule has 0 aliphatic carbocycles. The quantitative estimate of drug-likeness (QED) is 0.852. The molecule has 3 rings (SSSR count). The van der Waals surface area contributed by atoms with Crippen LogP contribution >= 0.6 is 0 Å². The molecule has 3 heteroatoms. The third-order valence-electron chi connectivity index (χ3n) is 3.31. The molecule has 0 fully saturated rings. The van der Waals surface area contributed by atoms with E-state index in [1.165, 1.54) is 16.8 Å². The largest absolute Gasteiger partial charge is 0.313 e. The lowest BCUT2D eigenvalue weighted by Gasteiger charge is -2.12. The first-order valence-electron chi connectivity index (χ1n) is 6.26. The lowest BCUT2D eigenvalue weighted by molar-refractivity contribution is 0.737. The first-order valence-corrected chi connectivity index (χ1v) is 6.26. The van der Waals surface area contributed by atoms with E-state index in [4.69, 9.17) is 4.98 Å². The summed E-state index contributed by atoms with van der Waals surface area (Å²) in [5.41, 5.74) is 3.79. The van der Waals surface area contributed by atoms with Gasteiger partial charge in [0.05, 0.1) is 11.2 Å². The Hall–Kier alpha value is -1.61. The Balaban J connectivity index is 2.19. The molecule has 1 aliphatic rings. The highest BCUT2D eigenvalue weighted by Crippen LogP contribution is 2.24. The molecule has 2 aromatic heterocycles. The molecule has 17 heavy (non-hydrogen) atoms. The molecule has 0 atom stereocenters. The topological polar surface area (TPSA) is 29.3 Å². The molecule has 0 saturated heterocycles.